The summed E-state index contributed by atoms with van der Waals surface area (Å²) in [5, 5.41) is 8.98. The van der Waals surface area contributed by atoms with Crippen LogP contribution in [-0.4, -0.2) is 34.8 Å². The van der Waals surface area contributed by atoms with Gasteiger partial charge in [-0.25, -0.2) is 9.97 Å². The van der Waals surface area contributed by atoms with Gasteiger partial charge < -0.3 is 10.0 Å². The highest BCUT2D eigenvalue weighted by atomic mass is 16.3. The summed E-state index contributed by atoms with van der Waals surface area (Å²) in [5.41, 5.74) is 1.04. The van der Waals surface area contributed by atoms with Crippen LogP contribution in [0.2, 0.25) is 0 Å². The lowest BCUT2D eigenvalue weighted by atomic mass is 10.2. The summed E-state index contributed by atoms with van der Waals surface area (Å²) in [4.78, 5) is 10.4. The van der Waals surface area contributed by atoms with Crippen LogP contribution in [0.5, 0.6) is 0 Å². The van der Waals surface area contributed by atoms with E-state index >= 15 is 0 Å². The zero-order valence-electron chi connectivity index (χ0n) is 9.76. The van der Waals surface area contributed by atoms with Gasteiger partial charge in [-0.3, -0.25) is 0 Å². The van der Waals surface area contributed by atoms with Gasteiger partial charge in [0.05, 0.1) is 6.61 Å². The molecule has 0 fully saturated rings. The van der Waals surface area contributed by atoms with Gasteiger partial charge in [0, 0.05) is 24.8 Å². The Kier molecular flexibility index (Phi) is 5.50. The van der Waals surface area contributed by atoms with Gasteiger partial charge in [0.2, 0.25) is 0 Å². The van der Waals surface area contributed by atoms with E-state index in [9.17, 15) is 0 Å². The third-order valence-corrected chi connectivity index (χ3v) is 2.26. The van der Waals surface area contributed by atoms with Crippen LogP contribution in [0.3, 0.4) is 0 Å². The van der Waals surface area contributed by atoms with E-state index in [1.807, 2.05) is 11.0 Å². The van der Waals surface area contributed by atoms with Crippen LogP contribution in [-0.2, 0) is 6.42 Å². The van der Waals surface area contributed by atoms with Crippen molar-refractivity contribution >= 4 is 5.82 Å². The van der Waals surface area contributed by atoms with E-state index in [0.717, 1.165) is 24.4 Å². The summed E-state index contributed by atoms with van der Waals surface area (Å²) in [7, 11) is 0. The molecule has 0 aliphatic carbocycles. The molecule has 0 atom stereocenters. The van der Waals surface area contributed by atoms with Crippen molar-refractivity contribution in [2.75, 3.05) is 24.6 Å². The lowest BCUT2D eigenvalue weighted by Gasteiger charge is -2.21. The van der Waals surface area contributed by atoms with E-state index < -0.39 is 0 Å². The predicted octanol–water partition coefficient (Wildman–Crippen LogP) is 1.41. The van der Waals surface area contributed by atoms with Gasteiger partial charge >= 0.3 is 0 Å². The van der Waals surface area contributed by atoms with Crippen molar-refractivity contribution in [1.82, 2.24) is 9.97 Å². The van der Waals surface area contributed by atoms with Crippen LogP contribution in [0.15, 0.2) is 25.0 Å². The van der Waals surface area contributed by atoms with Gasteiger partial charge in [0.1, 0.15) is 12.1 Å². The molecule has 1 heterocycles. The molecule has 0 aromatic carbocycles. The monoisotopic (exact) mass is 221 g/mol. The minimum absolute atomic E-state index is 0.112. The van der Waals surface area contributed by atoms with Crippen LogP contribution in [0.4, 0.5) is 5.82 Å². The fourth-order valence-corrected chi connectivity index (χ4v) is 1.53. The Morgan fingerprint density at radius 1 is 1.50 bits per heavy atom. The molecular formula is C12H19N3O. The van der Waals surface area contributed by atoms with Crippen LogP contribution in [0, 0.1) is 0 Å². The number of hydrogen-bond donors (Lipinski definition) is 1. The molecule has 1 aromatic rings. The zero-order chi connectivity index (χ0) is 11.8. The number of aromatic nitrogens is 2. The summed E-state index contributed by atoms with van der Waals surface area (Å²) in [6.45, 7) is 7.18. The predicted molar refractivity (Wildman–Crippen MR) is 65.5 cm³/mol. The lowest BCUT2D eigenvalue weighted by Crippen LogP contribution is -2.27. The number of anilines is 1. The maximum atomic E-state index is 8.98. The number of aliphatic hydroxyl groups excluding tert-OH is 1. The smallest absolute Gasteiger partial charge is 0.132 e. The summed E-state index contributed by atoms with van der Waals surface area (Å²) >= 11 is 0. The van der Waals surface area contributed by atoms with Gasteiger partial charge in [-0.2, -0.15) is 0 Å². The molecule has 0 radical (unpaired) electrons. The van der Waals surface area contributed by atoms with Gasteiger partial charge in [-0.15, -0.1) is 6.58 Å². The van der Waals surface area contributed by atoms with Gasteiger partial charge in [-0.1, -0.05) is 19.4 Å². The normalized spacial score (nSPS) is 10.1. The first-order valence-electron chi connectivity index (χ1n) is 5.59. The molecule has 0 unspecified atom stereocenters. The number of rotatable bonds is 7. The highest BCUT2D eigenvalue weighted by Gasteiger charge is 2.06. The van der Waals surface area contributed by atoms with Crippen LogP contribution >= 0.6 is 0 Å². The Labute approximate surface area is 96.7 Å². The molecule has 16 heavy (non-hydrogen) atoms. The molecule has 4 nitrogen and oxygen atoms in total. The lowest BCUT2D eigenvalue weighted by molar-refractivity contribution is 0.302. The summed E-state index contributed by atoms with van der Waals surface area (Å²) in [6.07, 6.45) is 5.40. The first kappa shape index (κ1) is 12.6. The highest BCUT2D eigenvalue weighted by Crippen LogP contribution is 2.11. The first-order chi connectivity index (χ1) is 7.81. The Morgan fingerprint density at radius 3 is 2.94 bits per heavy atom. The van der Waals surface area contributed by atoms with Crippen molar-refractivity contribution in [2.45, 2.75) is 19.8 Å². The largest absolute Gasteiger partial charge is 0.395 e. The maximum absolute atomic E-state index is 8.98. The van der Waals surface area contributed by atoms with Crippen LogP contribution in [0.1, 0.15) is 19.0 Å². The molecule has 4 heteroatoms. The molecule has 0 saturated carbocycles. The first-order valence-corrected chi connectivity index (χ1v) is 5.59. The number of nitrogens with zero attached hydrogens (tertiary/aromatic N) is 3. The van der Waals surface area contributed by atoms with E-state index in [1.54, 1.807) is 12.4 Å². The SMILES string of the molecule is C=CCN(CCO)c1cc(CCC)ncn1. The third-order valence-electron chi connectivity index (χ3n) is 2.26. The van der Waals surface area contributed by atoms with Gasteiger partial charge in [0.25, 0.3) is 0 Å². The Balaban J connectivity index is 2.81. The molecule has 0 bridgehead atoms. The average molecular weight is 221 g/mol. The van der Waals surface area contributed by atoms with Crippen LogP contribution in [0.25, 0.3) is 0 Å². The fraction of sp³-hybridized carbons (Fsp3) is 0.500. The molecular weight excluding hydrogens is 202 g/mol. The van der Waals surface area contributed by atoms with Crippen molar-refractivity contribution in [3.63, 3.8) is 0 Å². The number of aliphatic hydroxyl groups is 1. The molecule has 0 saturated heterocycles. The molecule has 1 aromatic heterocycles. The van der Waals surface area contributed by atoms with E-state index in [-0.39, 0.29) is 6.61 Å². The minimum atomic E-state index is 0.112. The molecule has 0 aliphatic heterocycles. The van der Waals surface area contributed by atoms with E-state index in [0.29, 0.717) is 13.1 Å². The molecule has 0 aliphatic rings. The summed E-state index contributed by atoms with van der Waals surface area (Å²) in [5.74, 6) is 0.854. The van der Waals surface area contributed by atoms with Crippen molar-refractivity contribution in [1.29, 1.82) is 0 Å². The van der Waals surface area contributed by atoms with E-state index in [4.69, 9.17) is 5.11 Å². The van der Waals surface area contributed by atoms with Crippen molar-refractivity contribution in [2.24, 2.45) is 0 Å². The summed E-state index contributed by atoms with van der Waals surface area (Å²) in [6, 6.07) is 1.97. The molecule has 88 valence electrons. The quantitative estimate of drug-likeness (QED) is 0.707. The molecule has 0 spiro atoms. The highest BCUT2D eigenvalue weighted by molar-refractivity contribution is 5.39. The molecule has 1 N–H and O–H groups in total. The second-order valence-electron chi connectivity index (χ2n) is 3.58. The Bertz CT molecular complexity index is 328. The summed E-state index contributed by atoms with van der Waals surface area (Å²) < 4.78 is 0. The Hall–Kier alpha value is -1.42. The average Bonchev–Trinajstić information content (AvgIpc) is 2.30. The standard InChI is InChI=1S/C12H19N3O/c1-3-5-11-9-12(14-10-13-11)15(6-4-2)7-8-16/h4,9-10,16H,2-3,5-8H2,1H3. The van der Waals surface area contributed by atoms with E-state index in [1.165, 1.54) is 0 Å². The van der Waals surface area contributed by atoms with Gasteiger partial charge in [0.15, 0.2) is 0 Å². The van der Waals surface area contributed by atoms with Crippen molar-refractivity contribution < 1.29 is 5.11 Å². The topological polar surface area (TPSA) is 49.2 Å². The second-order valence-corrected chi connectivity index (χ2v) is 3.58. The van der Waals surface area contributed by atoms with Crippen molar-refractivity contribution in [3.05, 3.63) is 30.7 Å². The third kappa shape index (κ3) is 3.62. The van der Waals surface area contributed by atoms with E-state index in [2.05, 4.69) is 23.5 Å². The number of hydrogen-bond acceptors (Lipinski definition) is 4. The molecule has 0 amide bonds. The van der Waals surface area contributed by atoms with Gasteiger partial charge in [-0.05, 0) is 6.42 Å². The zero-order valence-corrected chi connectivity index (χ0v) is 9.76. The molecule has 1 rings (SSSR count). The van der Waals surface area contributed by atoms with Crippen molar-refractivity contribution in [3.8, 4) is 0 Å². The maximum Gasteiger partial charge on any atom is 0.132 e. The second kappa shape index (κ2) is 6.95. The fourth-order valence-electron chi connectivity index (χ4n) is 1.53. The minimum Gasteiger partial charge on any atom is -0.395 e. The van der Waals surface area contributed by atoms with Crippen LogP contribution < -0.4 is 4.90 Å². The Morgan fingerprint density at radius 2 is 2.31 bits per heavy atom. The number of aryl methyl sites for hydroxylation is 1.